The van der Waals surface area contributed by atoms with Gasteiger partial charge in [-0.25, -0.2) is 13.9 Å². The van der Waals surface area contributed by atoms with Crippen molar-refractivity contribution >= 4 is 5.97 Å². The number of aromatic nitrogens is 3. The van der Waals surface area contributed by atoms with Crippen molar-refractivity contribution < 1.29 is 36.9 Å². The summed E-state index contributed by atoms with van der Waals surface area (Å²) >= 11 is 0. The van der Waals surface area contributed by atoms with Crippen LogP contribution in [0, 0.1) is 5.82 Å². The molecule has 7 nitrogen and oxygen atoms in total. The first-order chi connectivity index (χ1) is 13.2. The highest BCUT2D eigenvalue weighted by atomic mass is 19.4. The second kappa shape index (κ2) is 7.55. The van der Waals surface area contributed by atoms with Crippen molar-refractivity contribution in [3.05, 3.63) is 65.7 Å². The molecule has 0 saturated carbocycles. The summed E-state index contributed by atoms with van der Waals surface area (Å²) < 4.78 is 60.5. The molecular formula is C17H11F4N3O4. The maximum Gasteiger partial charge on any atom is 0.573 e. The minimum atomic E-state index is -4.78. The lowest BCUT2D eigenvalue weighted by Crippen LogP contribution is -2.17. The molecule has 146 valence electrons. The van der Waals surface area contributed by atoms with Gasteiger partial charge in [0.25, 0.3) is 0 Å². The Bertz CT molecular complexity index is 987. The van der Waals surface area contributed by atoms with Gasteiger partial charge in [0.1, 0.15) is 24.5 Å². The van der Waals surface area contributed by atoms with Crippen molar-refractivity contribution in [1.29, 1.82) is 0 Å². The zero-order valence-corrected chi connectivity index (χ0v) is 13.9. The van der Waals surface area contributed by atoms with E-state index in [4.69, 9.17) is 9.84 Å². The highest BCUT2D eigenvalue weighted by molar-refractivity contribution is 5.87. The van der Waals surface area contributed by atoms with Crippen LogP contribution in [-0.4, -0.2) is 32.2 Å². The summed E-state index contributed by atoms with van der Waals surface area (Å²) in [5.41, 5.74) is 0.324. The lowest BCUT2D eigenvalue weighted by molar-refractivity contribution is -0.274. The van der Waals surface area contributed by atoms with E-state index in [1.54, 1.807) is 0 Å². The number of aromatic carboxylic acids is 1. The van der Waals surface area contributed by atoms with Crippen molar-refractivity contribution in [1.82, 2.24) is 14.8 Å². The third-order valence-electron chi connectivity index (χ3n) is 3.44. The molecule has 0 aliphatic carbocycles. The van der Waals surface area contributed by atoms with Gasteiger partial charge in [0, 0.05) is 0 Å². The molecule has 3 rings (SSSR count). The summed E-state index contributed by atoms with van der Waals surface area (Å²) in [7, 11) is 0. The molecule has 0 radical (unpaired) electrons. The molecule has 0 atom stereocenters. The molecule has 1 heterocycles. The normalized spacial score (nSPS) is 11.3. The number of carboxylic acid groups (broad SMARTS) is 1. The van der Waals surface area contributed by atoms with Gasteiger partial charge in [0.2, 0.25) is 0 Å². The lowest BCUT2D eigenvalue weighted by atomic mass is 10.1. The van der Waals surface area contributed by atoms with E-state index in [2.05, 4.69) is 14.8 Å². The van der Waals surface area contributed by atoms with Crippen LogP contribution in [0.1, 0.15) is 15.9 Å². The third-order valence-corrected chi connectivity index (χ3v) is 3.44. The maximum absolute atomic E-state index is 13.6. The SMILES string of the molecule is O=C(O)c1ccc(COc2ncn(-c3ccc(OC(F)(F)F)cc3)n2)cc1F. The van der Waals surface area contributed by atoms with Gasteiger partial charge in [0.15, 0.2) is 0 Å². The minimum Gasteiger partial charge on any atom is -0.478 e. The minimum absolute atomic E-state index is 0.0571. The molecule has 1 N–H and O–H groups in total. The number of rotatable bonds is 6. The Kier molecular flexibility index (Phi) is 5.16. The van der Waals surface area contributed by atoms with Crippen molar-refractivity contribution in [3.63, 3.8) is 0 Å². The molecule has 0 bridgehead atoms. The summed E-state index contributed by atoms with van der Waals surface area (Å²) in [6.07, 6.45) is -3.50. The number of ether oxygens (including phenoxy) is 2. The Balaban J connectivity index is 1.64. The van der Waals surface area contributed by atoms with E-state index in [9.17, 15) is 22.4 Å². The maximum atomic E-state index is 13.6. The summed E-state index contributed by atoms with van der Waals surface area (Å²) in [4.78, 5) is 14.7. The lowest BCUT2D eigenvalue weighted by Gasteiger charge is -2.09. The van der Waals surface area contributed by atoms with Crippen molar-refractivity contribution in [2.45, 2.75) is 13.0 Å². The summed E-state index contributed by atoms with van der Waals surface area (Å²) in [6, 6.07) is 8.42. The van der Waals surface area contributed by atoms with E-state index in [0.717, 1.165) is 24.3 Å². The molecule has 3 aromatic rings. The quantitative estimate of drug-likeness (QED) is 0.640. The number of alkyl halides is 3. The second-order valence-corrected chi connectivity index (χ2v) is 5.42. The fraction of sp³-hybridized carbons (Fsp3) is 0.118. The van der Waals surface area contributed by atoms with E-state index in [1.807, 2.05) is 0 Å². The van der Waals surface area contributed by atoms with Crippen LogP contribution >= 0.6 is 0 Å². The second-order valence-electron chi connectivity index (χ2n) is 5.42. The van der Waals surface area contributed by atoms with Crippen LogP contribution in [0.5, 0.6) is 11.8 Å². The zero-order valence-electron chi connectivity index (χ0n) is 13.9. The van der Waals surface area contributed by atoms with Gasteiger partial charge in [0.05, 0.1) is 11.3 Å². The summed E-state index contributed by atoms with van der Waals surface area (Å²) in [5.74, 6) is -2.65. The molecule has 0 aliphatic heterocycles. The summed E-state index contributed by atoms with van der Waals surface area (Å²) in [6.45, 7) is -0.112. The third kappa shape index (κ3) is 4.75. The van der Waals surface area contributed by atoms with Crippen molar-refractivity contribution in [2.75, 3.05) is 0 Å². The van der Waals surface area contributed by atoms with Crippen LogP contribution in [0.25, 0.3) is 5.69 Å². The molecule has 28 heavy (non-hydrogen) atoms. The first-order valence-electron chi connectivity index (χ1n) is 7.63. The molecule has 2 aromatic carbocycles. The van der Waals surface area contributed by atoms with Crippen molar-refractivity contribution in [3.8, 4) is 17.4 Å². The van der Waals surface area contributed by atoms with E-state index in [0.29, 0.717) is 11.3 Å². The Labute approximate surface area is 154 Å². The van der Waals surface area contributed by atoms with E-state index in [-0.39, 0.29) is 18.4 Å². The van der Waals surface area contributed by atoms with Crippen LogP contribution in [0.3, 0.4) is 0 Å². The molecule has 0 saturated heterocycles. The molecule has 1 aromatic heterocycles. The Morgan fingerprint density at radius 1 is 1.14 bits per heavy atom. The van der Waals surface area contributed by atoms with Gasteiger partial charge in [-0.15, -0.1) is 18.3 Å². The van der Waals surface area contributed by atoms with Crippen LogP contribution in [0.2, 0.25) is 0 Å². The fourth-order valence-electron chi connectivity index (χ4n) is 2.21. The highest BCUT2D eigenvalue weighted by Gasteiger charge is 2.31. The highest BCUT2D eigenvalue weighted by Crippen LogP contribution is 2.23. The smallest absolute Gasteiger partial charge is 0.478 e. The van der Waals surface area contributed by atoms with Crippen LogP contribution in [-0.2, 0) is 6.61 Å². The molecular weight excluding hydrogens is 386 g/mol. The van der Waals surface area contributed by atoms with Gasteiger partial charge >= 0.3 is 18.3 Å². The number of hydrogen-bond donors (Lipinski definition) is 1. The fourth-order valence-corrected chi connectivity index (χ4v) is 2.21. The molecule has 0 amide bonds. The first-order valence-corrected chi connectivity index (χ1v) is 7.63. The molecule has 0 unspecified atom stereocenters. The number of halogens is 4. The van der Waals surface area contributed by atoms with E-state index >= 15 is 0 Å². The standard InChI is InChI=1S/C17H11F4N3O4/c18-14-7-10(1-6-13(14)15(25)26)8-27-16-22-9-24(23-16)11-2-4-12(5-3-11)28-17(19,20)21/h1-7,9H,8H2,(H,25,26). The van der Waals surface area contributed by atoms with E-state index in [1.165, 1.54) is 29.2 Å². The molecule has 0 fully saturated rings. The molecule has 0 aliphatic rings. The Morgan fingerprint density at radius 2 is 1.86 bits per heavy atom. The van der Waals surface area contributed by atoms with Crippen LogP contribution in [0.4, 0.5) is 17.6 Å². The molecule has 0 spiro atoms. The van der Waals surface area contributed by atoms with Crippen molar-refractivity contribution in [2.24, 2.45) is 0 Å². The zero-order chi connectivity index (χ0) is 20.3. The predicted octanol–water partition coefficient (Wildman–Crippen LogP) is 3.58. The largest absolute Gasteiger partial charge is 0.573 e. The van der Waals surface area contributed by atoms with Crippen LogP contribution < -0.4 is 9.47 Å². The average molecular weight is 397 g/mol. The number of nitrogens with zero attached hydrogens (tertiary/aromatic N) is 3. The Morgan fingerprint density at radius 3 is 2.46 bits per heavy atom. The summed E-state index contributed by atoms with van der Waals surface area (Å²) in [5, 5.41) is 12.8. The monoisotopic (exact) mass is 397 g/mol. The predicted molar refractivity (Wildman–Crippen MR) is 85.7 cm³/mol. The van der Waals surface area contributed by atoms with E-state index < -0.39 is 23.7 Å². The number of hydrogen-bond acceptors (Lipinski definition) is 5. The van der Waals surface area contributed by atoms with Gasteiger partial charge in [-0.3, -0.25) is 0 Å². The Hall–Kier alpha value is -3.63. The average Bonchev–Trinajstić information content (AvgIpc) is 3.08. The van der Waals surface area contributed by atoms with Gasteiger partial charge in [-0.05, 0) is 42.0 Å². The van der Waals surface area contributed by atoms with Crippen LogP contribution in [0.15, 0.2) is 48.8 Å². The van der Waals surface area contributed by atoms with Gasteiger partial charge in [-0.2, -0.15) is 4.98 Å². The number of carbonyl (C=O) groups is 1. The first kappa shape index (κ1) is 19.1. The molecule has 11 heteroatoms. The number of carboxylic acids is 1. The number of benzene rings is 2. The van der Waals surface area contributed by atoms with Gasteiger partial charge < -0.3 is 14.6 Å². The topological polar surface area (TPSA) is 86.5 Å². The van der Waals surface area contributed by atoms with Gasteiger partial charge in [-0.1, -0.05) is 6.07 Å².